The molecule has 0 aromatic heterocycles. The van der Waals surface area contributed by atoms with Crippen LogP contribution in [-0.2, 0) is 12.8 Å². The van der Waals surface area contributed by atoms with Crippen LogP contribution in [0.2, 0.25) is 0 Å². The average Bonchev–Trinajstić information content (AvgIpc) is 3.08. The number of hydrogen-bond donors (Lipinski definition) is 1. The first-order valence-electron chi connectivity index (χ1n) is 8.90. The van der Waals surface area contributed by atoms with Crippen molar-refractivity contribution >= 4 is 5.69 Å². The summed E-state index contributed by atoms with van der Waals surface area (Å²) in [5, 5.41) is 3.28. The van der Waals surface area contributed by atoms with Gasteiger partial charge in [-0.25, -0.2) is 0 Å². The van der Waals surface area contributed by atoms with Crippen molar-refractivity contribution in [1.29, 1.82) is 0 Å². The summed E-state index contributed by atoms with van der Waals surface area (Å²) in [5.74, 6) is 0. The highest BCUT2D eigenvalue weighted by atomic mass is 15.1. The topological polar surface area (TPSA) is 15.3 Å². The van der Waals surface area contributed by atoms with E-state index >= 15 is 0 Å². The Labute approximate surface area is 140 Å². The van der Waals surface area contributed by atoms with Crippen molar-refractivity contribution in [2.75, 3.05) is 25.0 Å². The summed E-state index contributed by atoms with van der Waals surface area (Å²) in [6.45, 7) is 2.50. The number of para-hydroxylation sites is 1. The molecule has 1 heterocycles. The fourth-order valence-corrected chi connectivity index (χ4v) is 3.49. The van der Waals surface area contributed by atoms with E-state index in [0.29, 0.717) is 6.04 Å². The van der Waals surface area contributed by atoms with Crippen molar-refractivity contribution in [3.8, 4) is 0 Å². The Morgan fingerprint density at radius 3 is 1.83 bits per heavy atom. The number of rotatable bonds is 2. The molecule has 2 heteroatoms. The van der Waals surface area contributed by atoms with E-state index in [9.17, 15) is 0 Å². The van der Waals surface area contributed by atoms with Crippen LogP contribution in [0.1, 0.15) is 30.4 Å². The fraction of sp³-hybridized carbons (Fsp3) is 0.429. The summed E-state index contributed by atoms with van der Waals surface area (Å²) in [5.41, 5.74) is 4.34. The Bertz CT molecular complexity index is 553. The fourth-order valence-electron chi connectivity index (χ4n) is 3.49. The minimum atomic E-state index is 0.606. The van der Waals surface area contributed by atoms with Gasteiger partial charge in [0.15, 0.2) is 0 Å². The molecule has 1 N–H and O–H groups in total. The predicted octanol–water partition coefficient (Wildman–Crippen LogP) is 4.05. The van der Waals surface area contributed by atoms with Crippen molar-refractivity contribution in [2.45, 2.75) is 38.1 Å². The molecule has 1 fully saturated rings. The monoisotopic (exact) mass is 308 g/mol. The van der Waals surface area contributed by atoms with Crippen molar-refractivity contribution < 1.29 is 0 Å². The summed E-state index contributed by atoms with van der Waals surface area (Å²) in [6, 6.07) is 20.1. The molecule has 1 aliphatic carbocycles. The van der Waals surface area contributed by atoms with Gasteiger partial charge < -0.3 is 10.2 Å². The molecule has 0 spiro atoms. The Hall–Kier alpha value is -1.80. The highest BCUT2D eigenvalue weighted by Gasteiger charge is 2.24. The van der Waals surface area contributed by atoms with Crippen molar-refractivity contribution in [3.63, 3.8) is 0 Å². The van der Waals surface area contributed by atoms with Crippen LogP contribution in [0.15, 0.2) is 54.6 Å². The third-order valence-electron chi connectivity index (χ3n) is 4.95. The predicted molar refractivity (Wildman–Crippen MR) is 99.2 cm³/mol. The van der Waals surface area contributed by atoms with E-state index in [4.69, 9.17) is 0 Å². The van der Waals surface area contributed by atoms with Crippen LogP contribution in [0, 0.1) is 0 Å². The van der Waals surface area contributed by atoms with Crippen molar-refractivity contribution in [1.82, 2.24) is 5.32 Å². The Kier molecular flexibility index (Phi) is 5.71. The highest BCUT2D eigenvalue weighted by Crippen LogP contribution is 2.27. The molecule has 4 rings (SSSR count). The zero-order valence-electron chi connectivity index (χ0n) is 14.2. The van der Waals surface area contributed by atoms with Gasteiger partial charge >= 0.3 is 0 Å². The Morgan fingerprint density at radius 2 is 1.35 bits per heavy atom. The van der Waals surface area contributed by atoms with Gasteiger partial charge in [-0.15, -0.1) is 0 Å². The lowest BCUT2D eigenvalue weighted by atomic mass is 10.1. The quantitative estimate of drug-likeness (QED) is 0.900. The molecule has 1 saturated heterocycles. The zero-order chi connectivity index (χ0) is 15.9. The first kappa shape index (κ1) is 16.1. The molecule has 1 aliphatic heterocycles. The van der Waals surface area contributed by atoms with Crippen LogP contribution >= 0.6 is 0 Å². The number of hydrogen-bond acceptors (Lipinski definition) is 2. The SMILES string of the molecule is C1CCNCC1.CN(c1ccccc1)C1Cc2ccccc2C1. The van der Waals surface area contributed by atoms with E-state index < -0.39 is 0 Å². The lowest BCUT2D eigenvalue weighted by Gasteiger charge is -2.26. The number of likely N-dealkylation sites (N-methyl/N-ethyl adjacent to an activating group) is 1. The standard InChI is InChI=1S/C16H17N.C5H11N/c1-17(15-9-3-2-4-10-15)16-11-13-7-5-6-8-14(13)12-16;1-2-4-6-5-3-1/h2-10,16H,11-12H2,1H3;6H,1-5H2. The van der Waals surface area contributed by atoms with E-state index in [1.807, 2.05) is 0 Å². The van der Waals surface area contributed by atoms with Gasteiger partial charge in [0, 0.05) is 18.8 Å². The van der Waals surface area contributed by atoms with Gasteiger partial charge in [-0.2, -0.15) is 0 Å². The van der Waals surface area contributed by atoms with Gasteiger partial charge in [0.2, 0.25) is 0 Å². The summed E-state index contributed by atoms with van der Waals surface area (Å²) in [6.07, 6.45) is 6.55. The molecule has 2 aromatic carbocycles. The summed E-state index contributed by atoms with van der Waals surface area (Å²) >= 11 is 0. The largest absolute Gasteiger partial charge is 0.371 e. The second kappa shape index (κ2) is 8.16. The number of benzene rings is 2. The summed E-state index contributed by atoms with van der Waals surface area (Å²) < 4.78 is 0. The third-order valence-corrected chi connectivity index (χ3v) is 4.95. The number of anilines is 1. The van der Waals surface area contributed by atoms with Crippen LogP contribution in [0.5, 0.6) is 0 Å². The van der Waals surface area contributed by atoms with E-state index in [2.05, 4.69) is 71.9 Å². The number of nitrogens with zero attached hydrogens (tertiary/aromatic N) is 1. The molecule has 0 saturated carbocycles. The van der Waals surface area contributed by atoms with Gasteiger partial charge in [-0.1, -0.05) is 48.9 Å². The van der Waals surface area contributed by atoms with Crippen molar-refractivity contribution in [2.24, 2.45) is 0 Å². The summed E-state index contributed by atoms with van der Waals surface area (Å²) in [7, 11) is 2.20. The van der Waals surface area contributed by atoms with Gasteiger partial charge in [0.1, 0.15) is 0 Å². The zero-order valence-corrected chi connectivity index (χ0v) is 14.2. The van der Waals surface area contributed by atoms with Crippen molar-refractivity contribution in [3.05, 3.63) is 65.7 Å². The van der Waals surface area contributed by atoms with Crippen LogP contribution < -0.4 is 10.2 Å². The maximum Gasteiger partial charge on any atom is 0.0367 e. The van der Waals surface area contributed by atoms with Crippen LogP contribution in [0.3, 0.4) is 0 Å². The van der Waals surface area contributed by atoms with Gasteiger partial charge in [0.05, 0.1) is 0 Å². The number of fused-ring (bicyclic) bond motifs is 1. The highest BCUT2D eigenvalue weighted by molar-refractivity contribution is 5.48. The maximum absolute atomic E-state index is 3.28. The second-order valence-electron chi connectivity index (χ2n) is 6.59. The van der Waals surface area contributed by atoms with Gasteiger partial charge in [0.25, 0.3) is 0 Å². The van der Waals surface area contributed by atoms with Crippen LogP contribution in [0.4, 0.5) is 5.69 Å². The molecule has 23 heavy (non-hydrogen) atoms. The molecule has 122 valence electrons. The lowest BCUT2D eigenvalue weighted by molar-refractivity contribution is 0.520. The molecule has 0 bridgehead atoms. The van der Waals surface area contributed by atoms with E-state index in [1.165, 1.54) is 62.0 Å². The van der Waals surface area contributed by atoms with E-state index in [1.54, 1.807) is 0 Å². The first-order chi connectivity index (χ1) is 11.3. The molecule has 2 aromatic rings. The number of nitrogens with one attached hydrogen (secondary N) is 1. The number of piperidine rings is 1. The molecule has 2 aliphatic rings. The van der Waals surface area contributed by atoms with Gasteiger partial charge in [-0.3, -0.25) is 0 Å². The van der Waals surface area contributed by atoms with E-state index in [0.717, 1.165) is 0 Å². The molecule has 0 radical (unpaired) electrons. The lowest BCUT2D eigenvalue weighted by Crippen LogP contribution is -2.31. The minimum Gasteiger partial charge on any atom is -0.371 e. The Balaban J connectivity index is 0.000000220. The first-order valence-corrected chi connectivity index (χ1v) is 8.90. The Morgan fingerprint density at radius 1 is 0.783 bits per heavy atom. The molecular formula is C21H28N2. The normalized spacial score (nSPS) is 17.1. The molecular weight excluding hydrogens is 280 g/mol. The smallest absolute Gasteiger partial charge is 0.0367 e. The molecule has 0 atom stereocenters. The van der Waals surface area contributed by atoms with Gasteiger partial charge in [-0.05, 0) is 62.0 Å². The summed E-state index contributed by atoms with van der Waals surface area (Å²) in [4.78, 5) is 2.40. The molecule has 0 unspecified atom stereocenters. The van der Waals surface area contributed by atoms with Crippen LogP contribution in [0.25, 0.3) is 0 Å². The third kappa shape index (κ3) is 4.35. The molecule has 0 amide bonds. The van der Waals surface area contributed by atoms with E-state index in [-0.39, 0.29) is 0 Å². The maximum atomic E-state index is 3.28. The minimum absolute atomic E-state index is 0.606. The second-order valence-corrected chi connectivity index (χ2v) is 6.59. The van der Waals surface area contributed by atoms with Crippen LogP contribution in [-0.4, -0.2) is 26.2 Å². The average molecular weight is 308 g/mol. The molecule has 2 nitrogen and oxygen atoms in total.